The van der Waals surface area contributed by atoms with Crippen molar-refractivity contribution in [1.82, 2.24) is 9.97 Å². The van der Waals surface area contributed by atoms with E-state index in [1.54, 1.807) is 0 Å². The fraction of sp³-hybridized carbons (Fsp3) is 0.467. The van der Waals surface area contributed by atoms with E-state index in [9.17, 15) is 0 Å². The van der Waals surface area contributed by atoms with Gasteiger partial charge in [-0.2, -0.15) is 4.98 Å². The standard InChI is InChI=1S/C15H22N4O/c1-3-4-11(7-8-20)17-14-12-9-10(2)5-6-13(12)18-15(16)19-14/h5-6,9,11,20H,3-4,7-8H2,1-2H3,(H3,16,17,18,19). The number of nitrogen functional groups attached to an aromatic ring is 1. The Morgan fingerprint density at radius 3 is 2.80 bits per heavy atom. The van der Waals surface area contributed by atoms with Crippen LogP contribution in [0.3, 0.4) is 0 Å². The zero-order valence-corrected chi connectivity index (χ0v) is 12.1. The highest BCUT2D eigenvalue weighted by molar-refractivity contribution is 5.90. The zero-order valence-electron chi connectivity index (χ0n) is 12.1. The molecule has 5 heteroatoms. The molecule has 1 unspecified atom stereocenters. The summed E-state index contributed by atoms with van der Waals surface area (Å²) in [7, 11) is 0. The van der Waals surface area contributed by atoms with Crippen LogP contribution in [0.2, 0.25) is 0 Å². The third kappa shape index (κ3) is 3.36. The van der Waals surface area contributed by atoms with Crippen LogP contribution in [0.4, 0.5) is 11.8 Å². The fourth-order valence-corrected chi connectivity index (χ4v) is 2.36. The monoisotopic (exact) mass is 274 g/mol. The number of hydrogen-bond donors (Lipinski definition) is 3. The van der Waals surface area contributed by atoms with E-state index in [1.807, 2.05) is 19.1 Å². The molecular formula is C15H22N4O. The van der Waals surface area contributed by atoms with Gasteiger partial charge in [0.1, 0.15) is 5.82 Å². The Morgan fingerprint density at radius 2 is 2.10 bits per heavy atom. The lowest BCUT2D eigenvalue weighted by atomic mass is 10.1. The quantitative estimate of drug-likeness (QED) is 0.753. The molecular weight excluding hydrogens is 252 g/mol. The molecule has 0 radical (unpaired) electrons. The fourth-order valence-electron chi connectivity index (χ4n) is 2.36. The summed E-state index contributed by atoms with van der Waals surface area (Å²) in [5.74, 6) is 1.02. The number of aromatic nitrogens is 2. The average molecular weight is 274 g/mol. The number of benzene rings is 1. The van der Waals surface area contributed by atoms with Crippen LogP contribution in [0.15, 0.2) is 18.2 Å². The lowest BCUT2D eigenvalue weighted by Crippen LogP contribution is -2.22. The number of nitrogens with zero attached hydrogens (tertiary/aromatic N) is 2. The van der Waals surface area contributed by atoms with Crippen molar-refractivity contribution in [3.8, 4) is 0 Å². The largest absolute Gasteiger partial charge is 0.396 e. The van der Waals surface area contributed by atoms with Crippen molar-refractivity contribution in [3.05, 3.63) is 23.8 Å². The molecule has 0 saturated heterocycles. The summed E-state index contributed by atoms with van der Waals surface area (Å²) in [5.41, 5.74) is 7.77. The number of aliphatic hydroxyl groups is 1. The summed E-state index contributed by atoms with van der Waals surface area (Å²) in [4.78, 5) is 8.57. The van der Waals surface area contributed by atoms with Gasteiger partial charge in [0.2, 0.25) is 5.95 Å². The molecule has 0 fully saturated rings. The second kappa shape index (κ2) is 6.52. The van der Waals surface area contributed by atoms with Crippen molar-refractivity contribution in [2.45, 2.75) is 39.2 Å². The van der Waals surface area contributed by atoms with E-state index in [1.165, 1.54) is 0 Å². The molecule has 0 saturated carbocycles. The van der Waals surface area contributed by atoms with Crippen LogP contribution in [0.5, 0.6) is 0 Å². The number of nitrogens with one attached hydrogen (secondary N) is 1. The first-order valence-electron chi connectivity index (χ1n) is 7.05. The molecule has 20 heavy (non-hydrogen) atoms. The topological polar surface area (TPSA) is 84.1 Å². The maximum absolute atomic E-state index is 9.16. The van der Waals surface area contributed by atoms with Gasteiger partial charge in [0, 0.05) is 18.0 Å². The van der Waals surface area contributed by atoms with Gasteiger partial charge in [-0.1, -0.05) is 25.0 Å². The Morgan fingerprint density at radius 1 is 1.30 bits per heavy atom. The van der Waals surface area contributed by atoms with Crippen LogP contribution in [0, 0.1) is 6.92 Å². The number of anilines is 2. The van der Waals surface area contributed by atoms with E-state index in [-0.39, 0.29) is 18.6 Å². The van der Waals surface area contributed by atoms with Gasteiger partial charge < -0.3 is 16.2 Å². The third-order valence-electron chi connectivity index (χ3n) is 3.32. The molecule has 0 amide bonds. The van der Waals surface area contributed by atoms with Crippen LogP contribution in [-0.4, -0.2) is 27.7 Å². The van der Waals surface area contributed by atoms with Crippen LogP contribution >= 0.6 is 0 Å². The highest BCUT2D eigenvalue weighted by atomic mass is 16.3. The smallest absolute Gasteiger partial charge is 0.222 e. The van der Waals surface area contributed by atoms with Crippen LogP contribution in [0.25, 0.3) is 10.9 Å². The molecule has 108 valence electrons. The Labute approximate surface area is 119 Å². The molecule has 0 bridgehead atoms. The molecule has 1 atom stereocenters. The van der Waals surface area contributed by atoms with E-state index >= 15 is 0 Å². The number of fused-ring (bicyclic) bond motifs is 1. The minimum Gasteiger partial charge on any atom is -0.396 e. The van der Waals surface area contributed by atoms with Crippen LogP contribution in [-0.2, 0) is 0 Å². The predicted molar refractivity (Wildman–Crippen MR) is 82.7 cm³/mol. The van der Waals surface area contributed by atoms with Gasteiger partial charge >= 0.3 is 0 Å². The number of nitrogens with two attached hydrogens (primary N) is 1. The number of rotatable bonds is 6. The zero-order chi connectivity index (χ0) is 14.5. The SMILES string of the molecule is CCCC(CCO)Nc1nc(N)nc2ccc(C)cc12. The normalized spacial score (nSPS) is 12.6. The minimum absolute atomic E-state index is 0.162. The molecule has 4 N–H and O–H groups in total. The highest BCUT2D eigenvalue weighted by Gasteiger charge is 2.12. The van der Waals surface area contributed by atoms with Crippen LogP contribution in [0.1, 0.15) is 31.7 Å². The molecule has 0 aliphatic rings. The van der Waals surface area contributed by atoms with Crippen molar-refractivity contribution < 1.29 is 5.11 Å². The van der Waals surface area contributed by atoms with Crippen molar-refractivity contribution in [2.75, 3.05) is 17.7 Å². The van der Waals surface area contributed by atoms with Crippen molar-refractivity contribution in [2.24, 2.45) is 0 Å². The molecule has 0 aliphatic carbocycles. The van der Waals surface area contributed by atoms with E-state index in [0.717, 1.165) is 35.1 Å². The molecule has 1 aromatic heterocycles. The van der Waals surface area contributed by atoms with Crippen molar-refractivity contribution in [1.29, 1.82) is 0 Å². The number of aliphatic hydroxyl groups excluding tert-OH is 1. The van der Waals surface area contributed by atoms with Gasteiger partial charge in [0.25, 0.3) is 0 Å². The number of aryl methyl sites for hydroxylation is 1. The second-order valence-electron chi connectivity index (χ2n) is 5.09. The summed E-state index contributed by atoms with van der Waals surface area (Å²) in [6, 6.07) is 6.21. The Kier molecular flexibility index (Phi) is 4.74. The maximum Gasteiger partial charge on any atom is 0.222 e. The lowest BCUT2D eigenvalue weighted by molar-refractivity contribution is 0.276. The van der Waals surface area contributed by atoms with Gasteiger partial charge in [-0.05, 0) is 31.9 Å². The summed E-state index contributed by atoms with van der Waals surface area (Å²) in [5, 5.41) is 13.5. The summed E-state index contributed by atoms with van der Waals surface area (Å²) >= 11 is 0. The van der Waals surface area contributed by atoms with Gasteiger partial charge in [-0.25, -0.2) is 4.98 Å². The molecule has 2 aromatic rings. The molecule has 2 rings (SSSR count). The summed E-state index contributed by atoms with van der Waals surface area (Å²) in [6.07, 6.45) is 2.73. The highest BCUT2D eigenvalue weighted by Crippen LogP contribution is 2.24. The molecule has 0 spiro atoms. The molecule has 1 heterocycles. The van der Waals surface area contributed by atoms with Gasteiger partial charge in [0.15, 0.2) is 0 Å². The van der Waals surface area contributed by atoms with Gasteiger partial charge in [-0.15, -0.1) is 0 Å². The van der Waals surface area contributed by atoms with E-state index in [0.29, 0.717) is 6.42 Å². The first kappa shape index (κ1) is 14.5. The Hall–Kier alpha value is -1.88. The Bertz CT molecular complexity index is 579. The van der Waals surface area contributed by atoms with Gasteiger partial charge in [-0.3, -0.25) is 0 Å². The van der Waals surface area contributed by atoms with E-state index < -0.39 is 0 Å². The van der Waals surface area contributed by atoms with E-state index in [4.69, 9.17) is 10.8 Å². The summed E-state index contributed by atoms with van der Waals surface area (Å²) in [6.45, 7) is 4.33. The lowest BCUT2D eigenvalue weighted by Gasteiger charge is -2.19. The number of hydrogen-bond acceptors (Lipinski definition) is 5. The predicted octanol–water partition coefficient (Wildman–Crippen LogP) is 2.48. The first-order valence-corrected chi connectivity index (χ1v) is 7.05. The first-order chi connectivity index (χ1) is 9.63. The molecule has 1 aromatic carbocycles. The van der Waals surface area contributed by atoms with Gasteiger partial charge in [0.05, 0.1) is 5.52 Å². The van der Waals surface area contributed by atoms with Crippen molar-refractivity contribution in [3.63, 3.8) is 0 Å². The third-order valence-corrected chi connectivity index (χ3v) is 3.32. The van der Waals surface area contributed by atoms with E-state index in [2.05, 4.69) is 28.3 Å². The molecule has 0 aliphatic heterocycles. The van der Waals surface area contributed by atoms with Crippen molar-refractivity contribution >= 4 is 22.7 Å². The maximum atomic E-state index is 9.16. The van der Waals surface area contributed by atoms with Crippen LogP contribution < -0.4 is 11.1 Å². The Balaban J connectivity index is 2.38. The second-order valence-corrected chi connectivity index (χ2v) is 5.09. The summed E-state index contributed by atoms with van der Waals surface area (Å²) < 4.78 is 0. The minimum atomic E-state index is 0.162. The molecule has 5 nitrogen and oxygen atoms in total. The average Bonchev–Trinajstić information content (AvgIpc) is 2.40.